The van der Waals surface area contributed by atoms with Crippen LogP contribution in [-0.2, 0) is 9.59 Å². The van der Waals surface area contributed by atoms with Gasteiger partial charge in [0.15, 0.2) is 0 Å². The summed E-state index contributed by atoms with van der Waals surface area (Å²) in [5.74, 6) is 0.0545. The first kappa shape index (κ1) is 16.9. The van der Waals surface area contributed by atoms with Crippen LogP contribution in [0, 0.1) is 0 Å². The normalized spacial score (nSPS) is 11.2. The number of hydrogen-bond acceptors (Lipinski definition) is 2. The predicted molar refractivity (Wildman–Crippen MR) is 74.3 cm³/mol. The molecule has 0 saturated heterocycles. The predicted octanol–water partition coefficient (Wildman–Crippen LogP) is 2.33. The molecular formula is C14H28N2O2. The van der Waals surface area contributed by atoms with Crippen LogP contribution in [0.25, 0.3) is 0 Å². The number of rotatable bonds is 7. The zero-order valence-electron chi connectivity index (χ0n) is 12.5. The van der Waals surface area contributed by atoms with Crippen molar-refractivity contribution >= 4 is 11.8 Å². The van der Waals surface area contributed by atoms with Crippen molar-refractivity contribution in [2.45, 2.75) is 65.8 Å². The van der Waals surface area contributed by atoms with E-state index in [1.807, 2.05) is 20.8 Å². The first-order valence-corrected chi connectivity index (χ1v) is 6.82. The van der Waals surface area contributed by atoms with Gasteiger partial charge in [0.2, 0.25) is 11.8 Å². The zero-order valence-corrected chi connectivity index (χ0v) is 12.5. The molecule has 0 rings (SSSR count). The van der Waals surface area contributed by atoms with Crippen LogP contribution in [0.2, 0.25) is 0 Å². The lowest BCUT2D eigenvalue weighted by Gasteiger charge is -2.23. The highest BCUT2D eigenvalue weighted by molar-refractivity contribution is 5.78. The second kappa shape index (κ2) is 8.11. The van der Waals surface area contributed by atoms with E-state index < -0.39 is 0 Å². The largest absolute Gasteiger partial charge is 0.351 e. The number of carbonyl (C=O) groups is 2. The van der Waals surface area contributed by atoms with Crippen LogP contribution in [-0.4, -0.2) is 35.3 Å². The smallest absolute Gasteiger partial charge is 0.222 e. The Morgan fingerprint density at radius 3 is 2.17 bits per heavy atom. The highest BCUT2D eigenvalue weighted by atomic mass is 16.2. The third-order valence-electron chi connectivity index (χ3n) is 2.60. The zero-order chi connectivity index (χ0) is 14.2. The van der Waals surface area contributed by atoms with Gasteiger partial charge in [-0.1, -0.05) is 19.8 Å². The van der Waals surface area contributed by atoms with Crippen LogP contribution in [0.3, 0.4) is 0 Å². The van der Waals surface area contributed by atoms with Crippen molar-refractivity contribution in [2.24, 2.45) is 0 Å². The van der Waals surface area contributed by atoms with Crippen molar-refractivity contribution in [1.29, 1.82) is 0 Å². The van der Waals surface area contributed by atoms with E-state index in [9.17, 15) is 9.59 Å². The summed E-state index contributed by atoms with van der Waals surface area (Å²) in [5, 5.41) is 2.90. The molecule has 18 heavy (non-hydrogen) atoms. The second-order valence-corrected chi connectivity index (χ2v) is 5.76. The van der Waals surface area contributed by atoms with Crippen molar-refractivity contribution in [1.82, 2.24) is 10.2 Å². The number of carbonyl (C=O) groups excluding carboxylic acids is 2. The SMILES string of the molecule is CCCCCN(CCC(=O)NC(C)(C)C)C(C)=O. The summed E-state index contributed by atoms with van der Waals surface area (Å²) in [6, 6.07) is 0. The number of nitrogens with zero attached hydrogens (tertiary/aromatic N) is 1. The van der Waals surface area contributed by atoms with Crippen LogP contribution >= 0.6 is 0 Å². The van der Waals surface area contributed by atoms with Gasteiger partial charge in [0.1, 0.15) is 0 Å². The molecule has 0 aliphatic heterocycles. The molecule has 0 unspecified atom stereocenters. The molecule has 0 heterocycles. The van der Waals surface area contributed by atoms with Gasteiger partial charge in [-0.15, -0.1) is 0 Å². The third-order valence-corrected chi connectivity index (χ3v) is 2.60. The maximum Gasteiger partial charge on any atom is 0.222 e. The highest BCUT2D eigenvalue weighted by Crippen LogP contribution is 2.02. The van der Waals surface area contributed by atoms with E-state index in [1.165, 1.54) is 0 Å². The summed E-state index contributed by atoms with van der Waals surface area (Å²) in [4.78, 5) is 24.9. The van der Waals surface area contributed by atoms with E-state index in [0.29, 0.717) is 13.0 Å². The fourth-order valence-electron chi connectivity index (χ4n) is 1.70. The Morgan fingerprint density at radius 2 is 1.72 bits per heavy atom. The minimum atomic E-state index is -0.208. The Balaban J connectivity index is 4.03. The Morgan fingerprint density at radius 1 is 1.11 bits per heavy atom. The number of nitrogens with one attached hydrogen (secondary N) is 1. The molecule has 2 amide bonds. The van der Waals surface area contributed by atoms with Gasteiger partial charge in [-0.2, -0.15) is 0 Å². The van der Waals surface area contributed by atoms with Crippen molar-refractivity contribution in [3.63, 3.8) is 0 Å². The molecule has 0 aliphatic carbocycles. The van der Waals surface area contributed by atoms with Gasteiger partial charge >= 0.3 is 0 Å². The molecule has 106 valence electrons. The molecule has 1 N–H and O–H groups in total. The minimum absolute atomic E-state index is 0.00393. The van der Waals surface area contributed by atoms with Gasteiger partial charge in [0.25, 0.3) is 0 Å². The molecule has 0 fully saturated rings. The number of hydrogen-bond donors (Lipinski definition) is 1. The maximum atomic E-state index is 11.7. The van der Waals surface area contributed by atoms with E-state index in [0.717, 1.165) is 25.8 Å². The third kappa shape index (κ3) is 9.02. The standard InChI is InChI=1S/C14H28N2O2/c1-6-7-8-10-16(12(2)17)11-9-13(18)15-14(3,4)5/h6-11H2,1-5H3,(H,15,18). The van der Waals surface area contributed by atoms with E-state index in [-0.39, 0.29) is 17.4 Å². The van der Waals surface area contributed by atoms with Gasteiger partial charge in [0.05, 0.1) is 0 Å². The Kier molecular flexibility index (Phi) is 7.64. The van der Waals surface area contributed by atoms with Crippen molar-refractivity contribution in [2.75, 3.05) is 13.1 Å². The van der Waals surface area contributed by atoms with Gasteiger partial charge in [0, 0.05) is 32.0 Å². The van der Waals surface area contributed by atoms with Crippen LogP contribution in [0.5, 0.6) is 0 Å². The molecule has 0 radical (unpaired) electrons. The number of unbranched alkanes of at least 4 members (excludes halogenated alkanes) is 2. The van der Waals surface area contributed by atoms with Crippen molar-refractivity contribution in [3.05, 3.63) is 0 Å². The fourth-order valence-corrected chi connectivity index (χ4v) is 1.70. The lowest BCUT2D eigenvalue weighted by molar-refractivity contribution is -0.130. The summed E-state index contributed by atoms with van der Waals surface area (Å²) in [6.45, 7) is 10.8. The molecule has 0 bridgehead atoms. The molecule has 0 saturated carbocycles. The van der Waals surface area contributed by atoms with Crippen LogP contribution in [0.1, 0.15) is 60.3 Å². The molecule has 0 aliphatic rings. The lowest BCUT2D eigenvalue weighted by Crippen LogP contribution is -2.42. The van der Waals surface area contributed by atoms with Gasteiger partial charge < -0.3 is 10.2 Å². The Bertz CT molecular complexity index is 269. The van der Waals surface area contributed by atoms with Gasteiger partial charge in [-0.05, 0) is 27.2 Å². The topological polar surface area (TPSA) is 49.4 Å². The molecule has 0 aromatic rings. The molecule has 0 atom stereocenters. The molecular weight excluding hydrogens is 228 g/mol. The Labute approximate surface area is 111 Å². The number of amides is 2. The summed E-state index contributed by atoms with van der Waals surface area (Å²) >= 11 is 0. The van der Waals surface area contributed by atoms with E-state index in [2.05, 4.69) is 12.2 Å². The van der Waals surface area contributed by atoms with Gasteiger partial charge in [-0.3, -0.25) is 9.59 Å². The van der Waals surface area contributed by atoms with Crippen LogP contribution in [0.4, 0.5) is 0 Å². The van der Waals surface area contributed by atoms with E-state index in [1.54, 1.807) is 11.8 Å². The van der Waals surface area contributed by atoms with Gasteiger partial charge in [-0.25, -0.2) is 0 Å². The average Bonchev–Trinajstić information content (AvgIpc) is 2.20. The summed E-state index contributed by atoms with van der Waals surface area (Å²) in [7, 11) is 0. The molecule has 4 nitrogen and oxygen atoms in total. The molecule has 4 heteroatoms. The summed E-state index contributed by atoms with van der Waals surface area (Å²) in [5.41, 5.74) is -0.208. The van der Waals surface area contributed by atoms with Crippen molar-refractivity contribution in [3.8, 4) is 0 Å². The summed E-state index contributed by atoms with van der Waals surface area (Å²) < 4.78 is 0. The average molecular weight is 256 g/mol. The van der Waals surface area contributed by atoms with Crippen LogP contribution in [0.15, 0.2) is 0 Å². The monoisotopic (exact) mass is 256 g/mol. The quantitative estimate of drug-likeness (QED) is 0.711. The maximum absolute atomic E-state index is 11.7. The van der Waals surface area contributed by atoms with Crippen LogP contribution < -0.4 is 5.32 Å². The summed E-state index contributed by atoms with van der Waals surface area (Å²) in [6.07, 6.45) is 3.65. The fraction of sp³-hybridized carbons (Fsp3) is 0.857. The molecule has 0 aromatic heterocycles. The first-order valence-electron chi connectivity index (χ1n) is 6.82. The second-order valence-electron chi connectivity index (χ2n) is 5.76. The molecule has 0 aromatic carbocycles. The van der Waals surface area contributed by atoms with E-state index >= 15 is 0 Å². The molecule has 0 spiro atoms. The highest BCUT2D eigenvalue weighted by Gasteiger charge is 2.15. The lowest BCUT2D eigenvalue weighted by atomic mass is 10.1. The van der Waals surface area contributed by atoms with E-state index in [4.69, 9.17) is 0 Å². The first-order chi connectivity index (χ1) is 8.26. The minimum Gasteiger partial charge on any atom is -0.351 e. The Hall–Kier alpha value is -1.06. The van der Waals surface area contributed by atoms with Crippen molar-refractivity contribution < 1.29 is 9.59 Å².